The molecule has 2 fully saturated rings. The van der Waals surface area contributed by atoms with E-state index in [0.29, 0.717) is 50.2 Å². The first-order chi connectivity index (χ1) is 15.8. The zero-order valence-electron chi connectivity index (χ0n) is 19.0. The summed E-state index contributed by atoms with van der Waals surface area (Å²) in [5.74, 6) is -0.131. The lowest BCUT2D eigenvalue weighted by Gasteiger charge is -2.37. The van der Waals surface area contributed by atoms with Gasteiger partial charge < -0.3 is 14.6 Å². The summed E-state index contributed by atoms with van der Waals surface area (Å²) >= 11 is 0. The monoisotopic (exact) mass is 477 g/mol. The number of aliphatic hydroxyl groups excluding tert-OH is 1. The Balaban J connectivity index is 1.48. The van der Waals surface area contributed by atoms with Gasteiger partial charge in [0.2, 0.25) is 10.0 Å². The van der Waals surface area contributed by atoms with Gasteiger partial charge in [0.1, 0.15) is 16.8 Å². The van der Waals surface area contributed by atoms with Crippen LogP contribution in [0.5, 0.6) is 5.75 Å². The van der Waals surface area contributed by atoms with Crippen molar-refractivity contribution < 1.29 is 27.4 Å². The lowest BCUT2D eigenvalue weighted by Crippen LogP contribution is -2.44. The fourth-order valence-corrected chi connectivity index (χ4v) is 6.84. The third-order valence-corrected chi connectivity index (χ3v) is 9.35. The smallest absolute Gasteiger partial charge is 0.221 e. The fourth-order valence-electron chi connectivity index (χ4n) is 4.65. The third kappa shape index (κ3) is 5.24. The second-order valence-electron chi connectivity index (χ2n) is 9.23. The molecule has 0 amide bonds. The van der Waals surface area contributed by atoms with E-state index in [4.69, 9.17) is 9.47 Å². The minimum absolute atomic E-state index is 0.00971. The lowest BCUT2D eigenvalue weighted by atomic mass is 9.82. The van der Waals surface area contributed by atoms with Crippen LogP contribution in [0.25, 0.3) is 0 Å². The summed E-state index contributed by atoms with van der Waals surface area (Å²) in [4.78, 5) is 0. The summed E-state index contributed by atoms with van der Waals surface area (Å²) in [6.07, 6.45) is 2.65. The first kappa shape index (κ1) is 24.1. The maximum Gasteiger partial charge on any atom is 0.221 e. The van der Waals surface area contributed by atoms with E-state index in [1.807, 2.05) is 37.3 Å². The molecule has 1 N–H and O–H groups in total. The zero-order valence-corrected chi connectivity index (χ0v) is 19.8. The molecule has 2 heterocycles. The molecule has 0 aromatic heterocycles. The molecule has 2 aliphatic rings. The number of sulfonamides is 1. The maximum atomic E-state index is 15.0. The molecule has 0 bridgehead atoms. The van der Waals surface area contributed by atoms with Gasteiger partial charge in [0, 0.05) is 42.8 Å². The molecule has 0 aliphatic carbocycles. The molecule has 4 rings (SSSR count). The van der Waals surface area contributed by atoms with Crippen LogP contribution in [0.1, 0.15) is 49.0 Å². The Hall–Kier alpha value is -2.00. The van der Waals surface area contributed by atoms with Gasteiger partial charge in [-0.15, -0.1) is 0 Å². The highest BCUT2D eigenvalue weighted by Gasteiger charge is 2.40. The van der Waals surface area contributed by atoms with Crippen LogP contribution in [-0.2, 0) is 21.3 Å². The van der Waals surface area contributed by atoms with Gasteiger partial charge in [0.05, 0.1) is 13.2 Å². The van der Waals surface area contributed by atoms with Crippen LogP contribution in [-0.4, -0.2) is 50.3 Å². The molecule has 0 unspecified atom stereocenters. The number of benzene rings is 2. The van der Waals surface area contributed by atoms with Crippen molar-refractivity contribution in [3.05, 3.63) is 65.5 Å². The van der Waals surface area contributed by atoms with Crippen LogP contribution >= 0.6 is 0 Å². The van der Waals surface area contributed by atoms with Crippen LogP contribution in [0.3, 0.4) is 0 Å². The molecule has 33 heavy (non-hydrogen) atoms. The number of rotatable bonds is 7. The van der Waals surface area contributed by atoms with Crippen molar-refractivity contribution in [3.8, 4) is 5.75 Å². The van der Waals surface area contributed by atoms with Gasteiger partial charge in [-0.1, -0.05) is 36.4 Å². The van der Waals surface area contributed by atoms with Crippen molar-refractivity contribution in [1.29, 1.82) is 0 Å². The average Bonchev–Trinajstić information content (AvgIpc) is 2.82. The van der Waals surface area contributed by atoms with E-state index in [2.05, 4.69) is 0 Å². The molecule has 6 nitrogen and oxygen atoms in total. The van der Waals surface area contributed by atoms with Gasteiger partial charge >= 0.3 is 0 Å². The largest absolute Gasteiger partial charge is 0.493 e. The molecule has 0 saturated carbocycles. The molecule has 2 saturated heterocycles. The van der Waals surface area contributed by atoms with E-state index in [1.54, 1.807) is 12.1 Å². The molecule has 2 aromatic carbocycles. The lowest BCUT2D eigenvalue weighted by molar-refractivity contribution is -0.0395. The molecular weight excluding hydrogens is 445 g/mol. The SMILES string of the molecule is C[C@H]1CC[C@H](c2ccccc2)S(=O)(=O)N1Cc1ccc(OCC2(CO)CCOCC2)cc1F. The van der Waals surface area contributed by atoms with Crippen LogP contribution in [0, 0.1) is 11.2 Å². The molecule has 2 aromatic rings. The summed E-state index contributed by atoms with van der Waals surface area (Å²) in [6, 6.07) is 13.6. The van der Waals surface area contributed by atoms with Crippen molar-refractivity contribution in [2.75, 3.05) is 26.4 Å². The Morgan fingerprint density at radius 3 is 2.55 bits per heavy atom. The van der Waals surface area contributed by atoms with E-state index in [1.165, 1.54) is 10.4 Å². The molecule has 2 atom stereocenters. The van der Waals surface area contributed by atoms with Gasteiger partial charge in [0.15, 0.2) is 0 Å². The standard InChI is InChI=1S/C25H32FNO5S/c1-19-7-10-24(20-5-3-2-4-6-20)33(29,30)27(19)16-21-8-9-22(15-23(21)26)32-18-25(17-28)11-13-31-14-12-25/h2-6,8-9,15,19,24,28H,7,10-14,16-18H2,1H3/t19-,24+/m0/s1. The summed E-state index contributed by atoms with van der Waals surface area (Å²) < 4.78 is 54.4. The van der Waals surface area contributed by atoms with E-state index in [0.717, 1.165) is 5.56 Å². The van der Waals surface area contributed by atoms with Crippen LogP contribution in [0.4, 0.5) is 4.39 Å². The highest BCUT2D eigenvalue weighted by atomic mass is 32.2. The van der Waals surface area contributed by atoms with Crippen molar-refractivity contribution in [2.45, 2.75) is 50.4 Å². The minimum atomic E-state index is -3.63. The van der Waals surface area contributed by atoms with Crippen LogP contribution in [0.2, 0.25) is 0 Å². The molecule has 180 valence electrons. The summed E-state index contributed by atoms with van der Waals surface area (Å²) in [5, 5.41) is 9.19. The zero-order chi connectivity index (χ0) is 23.5. The van der Waals surface area contributed by atoms with E-state index in [9.17, 15) is 17.9 Å². The summed E-state index contributed by atoms with van der Waals surface area (Å²) in [5.41, 5.74) is 0.705. The van der Waals surface area contributed by atoms with Gasteiger partial charge in [-0.3, -0.25) is 0 Å². The topological polar surface area (TPSA) is 76.1 Å². The highest BCUT2D eigenvalue weighted by molar-refractivity contribution is 7.89. The highest BCUT2D eigenvalue weighted by Crippen LogP contribution is 2.38. The Labute approximate surface area is 195 Å². The van der Waals surface area contributed by atoms with Crippen LogP contribution < -0.4 is 4.74 Å². The van der Waals surface area contributed by atoms with Crippen molar-refractivity contribution in [3.63, 3.8) is 0 Å². The van der Waals surface area contributed by atoms with E-state index >= 15 is 0 Å². The first-order valence-electron chi connectivity index (χ1n) is 11.5. The van der Waals surface area contributed by atoms with E-state index in [-0.39, 0.29) is 31.2 Å². The average molecular weight is 478 g/mol. The third-order valence-electron chi connectivity index (χ3n) is 6.98. The Bertz CT molecular complexity index is 1040. The first-order valence-corrected chi connectivity index (χ1v) is 13.0. The van der Waals surface area contributed by atoms with Gasteiger partial charge in [-0.05, 0) is 44.2 Å². The summed E-state index contributed by atoms with van der Waals surface area (Å²) in [7, 11) is -3.63. The Morgan fingerprint density at radius 1 is 1.15 bits per heavy atom. The Kier molecular flexibility index (Phi) is 7.38. The minimum Gasteiger partial charge on any atom is -0.493 e. The quantitative estimate of drug-likeness (QED) is 0.651. The fraction of sp³-hybridized carbons (Fsp3) is 0.520. The van der Waals surface area contributed by atoms with Gasteiger partial charge in [0.25, 0.3) is 0 Å². The number of hydrogen-bond donors (Lipinski definition) is 1. The predicted octanol–water partition coefficient (Wildman–Crippen LogP) is 4.05. The molecule has 8 heteroatoms. The maximum absolute atomic E-state index is 15.0. The number of hydrogen-bond acceptors (Lipinski definition) is 5. The Morgan fingerprint density at radius 2 is 1.88 bits per heavy atom. The van der Waals surface area contributed by atoms with Crippen molar-refractivity contribution in [2.24, 2.45) is 5.41 Å². The number of ether oxygens (including phenoxy) is 2. The number of aliphatic hydroxyl groups is 1. The summed E-state index contributed by atoms with van der Waals surface area (Å²) in [6.45, 7) is 3.27. The predicted molar refractivity (Wildman–Crippen MR) is 124 cm³/mol. The van der Waals surface area contributed by atoms with E-state index < -0.39 is 21.1 Å². The number of nitrogens with zero attached hydrogens (tertiary/aromatic N) is 1. The molecule has 2 aliphatic heterocycles. The van der Waals surface area contributed by atoms with Gasteiger partial charge in [-0.25, -0.2) is 12.8 Å². The van der Waals surface area contributed by atoms with Crippen molar-refractivity contribution >= 4 is 10.0 Å². The molecular formula is C25H32FNO5S. The normalized spacial score (nSPS) is 24.9. The molecule has 0 radical (unpaired) electrons. The van der Waals surface area contributed by atoms with Crippen LogP contribution in [0.15, 0.2) is 48.5 Å². The second kappa shape index (κ2) is 10.1. The van der Waals surface area contributed by atoms with Gasteiger partial charge in [-0.2, -0.15) is 4.31 Å². The second-order valence-corrected chi connectivity index (χ2v) is 11.3. The number of halogens is 1. The molecule has 0 spiro atoms. The van der Waals surface area contributed by atoms with Crippen molar-refractivity contribution in [1.82, 2.24) is 4.31 Å².